The summed E-state index contributed by atoms with van der Waals surface area (Å²) in [6, 6.07) is 16.3. The van der Waals surface area contributed by atoms with Crippen molar-refractivity contribution in [3.8, 4) is 11.1 Å². The molecule has 0 aromatic heterocycles. The summed E-state index contributed by atoms with van der Waals surface area (Å²) < 4.78 is 5.49. The third-order valence-electron chi connectivity index (χ3n) is 5.92. The molecule has 0 radical (unpaired) electrons. The van der Waals surface area contributed by atoms with E-state index in [0.29, 0.717) is 12.1 Å². The molecule has 1 aliphatic rings. The number of nitrogens with one attached hydrogen (secondary N) is 1. The Morgan fingerprint density at radius 3 is 2.21 bits per heavy atom. The number of hydrogen-bond donors (Lipinski definition) is 2. The van der Waals surface area contributed by atoms with E-state index in [2.05, 4.69) is 29.6 Å². The van der Waals surface area contributed by atoms with Crippen LogP contribution in [0.3, 0.4) is 0 Å². The molecule has 3 rings (SSSR count). The highest BCUT2D eigenvalue weighted by molar-refractivity contribution is 5.93. The second-order valence-electron chi connectivity index (χ2n) is 8.18. The van der Waals surface area contributed by atoms with Gasteiger partial charge in [0.1, 0.15) is 6.61 Å². The van der Waals surface area contributed by atoms with Crippen molar-refractivity contribution in [1.82, 2.24) is 10.2 Å². The SMILES string of the molecule is CCN(CC(C)C(=O)O)C(=O)/C(C)=C/CNC(=O)OCC1c2ccccc2-c2ccccc21. The van der Waals surface area contributed by atoms with Gasteiger partial charge in [-0.05, 0) is 36.1 Å². The molecule has 0 saturated carbocycles. The Morgan fingerprint density at radius 1 is 1.09 bits per heavy atom. The van der Waals surface area contributed by atoms with Gasteiger partial charge in [0.2, 0.25) is 5.91 Å². The minimum atomic E-state index is -0.945. The van der Waals surface area contributed by atoms with E-state index >= 15 is 0 Å². The number of alkyl carbamates (subject to hydrolysis) is 1. The summed E-state index contributed by atoms with van der Waals surface area (Å²) in [6.45, 7) is 5.91. The zero-order chi connectivity index (χ0) is 24.0. The lowest BCUT2D eigenvalue weighted by Gasteiger charge is -2.23. The summed E-state index contributed by atoms with van der Waals surface area (Å²) in [5.74, 6) is -1.86. The quantitative estimate of drug-likeness (QED) is 0.562. The maximum absolute atomic E-state index is 12.6. The Morgan fingerprint density at radius 2 is 1.67 bits per heavy atom. The predicted octanol–water partition coefficient (Wildman–Crippen LogP) is 4.04. The molecule has 2 aromatic rings. The van der Waals surface area contributed by atoms with Gasteiger partial charge in [-0.2, -0.15) is 0 Å². The van der Waals surface area contributed by atoms with Crippen LogP contribution in [0, 0.1) is 5.92 Å². The van der Waals surface area contributed by atoms with Gasteiger partial charge in [0.25, 0.3) is 0 Å². The van der Waals surface area contributed by atoms with E-state index in [4.69, 9.17) is 9.84 Å². The Labute approximate surface area is 194 Å². The predicted molar refractivity (Wildman–Crippen MR) is 126 cm³/mol. The topological polar surface area (TPSA) is 95.9 Å². The van der Waals surface area contributed by atoms with Crippen molar-refractivity contribution in [1.29, 1.82) is 0 Å². The molecule has 1 atom stereocenters. The molecule has 2 aromatic carbocycles. The maximum Gasteiger partial charge on any atom is 0.407 e. The minimum Gasteiger partial charge on any atom is -0.481 e. The zero-order valence-electron chi connectivity index (χ0n) is 19.2. The number of ether oxygens (including phenoxy) is 1. The van der Waals surface area contributed by atoms with Crippen LogP contribution >= 0.6 is 0 Å². The molecule has 0 fully saturated rings. The summed E-state index contributed by atoms with van der Waals surface area (Å²) in [5, 5.41) is 11.7. The lowest BCUT2D eigenvalue weighted by molar-refractivity contribution is -0.142. The Balaban J connectivity index is 1.53. The highest BCUT2D eigenvalue weighted by atomic mass is 16.5. The number of carboxylic acids is 1. The number of carbonyl (C=O) groups excluding carboxylic acids is 2. The molecule has 1 unspecified atom stereocenters. The summed E-state index contributed by atoms with van der Waals surface area (Å²) in [4.78, 5) is 37.4. The average molecular weight is 451 g/mol. The number of likely N-dealkylation sites (N-methyl/N-ethyl adjacent to an activating group) is 1. The van der Waals surface area contributed by atoms with Crippen LogP contribution < -0.4 is 5.32 Å². The lowest BCUT2D eigenvalue weighted by atomic mass is 9.98. The fraction of sp³-hybridized carbons (Fsp3) is 0.346. The van der Waals surface area contributed by atoms with Crippen molar-refractivity contribution in [2.24, 2.45) is 5.92 Å². The van der Waals surface area contributed by atoms with Gasteiger partial charge in [-0.25, -0.2) is 4.79 Å². The van der Waals surface area contributed by atoms with E-state index in [1.807, 2.05) is 24.3 Å². The number of carbonyl (C=O) groups is 3. The van der Waals surface area contributed by atoms with Crippen molar-refractivity contribution in [2.75, 3.05) is 26.2 Å². The van der Waals surface area contributed by atoms with Crippen LogP contribution in [0.1, 0.15) is 37.8 Å². The molecule has 0 spiro atoms. The Bertz CT molecular complexity index is 1020. The summed E-state index contributed by atoms with van der Waals surface area (Å²) in [5.41, 5.74) is 5.05. The Hall–Kier alpha value is -3.61. The van der Waals surface area contributed by atoms with Gasteiger partial charge in [-0.1, -0.05) is 61.5 Å². The smallest absolute Gasteiger partial charge is 0.407 e. The number of hydrogen-bond acceptors (Lipinski definition) is 4. The van der Waals surface area contributed by atoms with Crippen molar-refractivity contribution < 1.29 is 24.2 Å². The monoisotopic (exact) mass is 450 g/mol. The maximum atomic E-state index is 12.6. The van der Waals surface area contributed by atoms with Gasteiger partial charge < -0.3 is 20.1 Å². The first-order valence-electron chi connectivity index (χ1n) is 11.1. The van der Waals surface area contributed by atoms with Crippen LogP contribution in [-0.4, -0.2) is 54.2 Å². The molecule has 174 valence electrons. The number of aliphatic carboxylic acids is 1. The summed E-state index contributed by atoms with van der Waals surface area (Å²) in [7, 11) is 0. The van der Waals surface area contributed by atoms with E-state index in [1.165, 1.54) is 4.90 Å². The second-order valence-corrected chi connectivity index (χ2v) is 8.18. The molecule has 1 aliphatic carbocycles. The highest BCUT2D eigenvalue weighted by Crippen LogP contribution is 2.44. The van der Waals surface area contributed by atoms with Crippen molar-refractivity contribution in [3.63, 3.8) is 0 Å². The molecule has 7 heteroatoms. The summed E-state index contributed by atoms with van der Waals surface area (Å²) >= 11 is 0. The van der Waals surface area contributed by atoms with Gasteiger partial charge in [0.05, 0.1) is 5.92 Å². The lowest BCUT2D eigenvalue weighted by Crippen LogP contribution is -2.37. The molecule has 33 heavy (non-hydrogen) atoms. The van der Waals surface area contributed by atoms with Gasteiger partial charge in [-0.3, -0.25) is 9.59 Å². The normalized spacial score (nSPS) is 13.6. The fourth-order valence-corrected chi connectivity index (χ4v) is 4.04. The molecule has 2 N–H and O–H groups in total. The number of amides is 2. The minimum absolute atomic E-state index is 0.0173. The largest absolute Gasteiger partial charge is 0.481 e. The first-order valence-corrected chi connectivity index (χ1v) is 11.1. The van der Waals surface area contributed by atoms with Crippen LogP contribution in [0.15, 0.2) is 60.2 Å². The number of carboxylic acid groups (broad SMARTS) is 1. The van der Waals surface area contributed by atoms with Gasteiger partial charge in [0, 0.05) is 31.1 Å². The average Bonchev–Trinajstić information content (AvgIpc) is 3.14. The van der Waals surface area contributed by atoms with E-state index < -0.39 is 18.0 Å². The fourth-order valence-electron chi connectivity index (χ4n) is 4.04. The first-order chi connectivity index (χ1) is 15.8. The first kappa shape index (κ1) is 24.0. The van der Waals surface area contributed by atoms with Crippen molar-refractivity contribution in [3.05, 3.63) is 71.3 Å². The molecule has 2 amide bonds. The summed E-state index contributed by atoms with van der Waals surface area (Å²) in [6.07, 6.45) is 1.05. The van der Waals surface area contributed by atoms with Crippen LogP contribution in [0.4, 0.5) is 4.79 Å². The van der Waals surface area contributed by atoms with Crippen molar-refractivity contribution in [2.45, 2.75) is 26.7 Å². The third kappa shape index (κ3) is 5.61. The number of fused-ring (bicyclic) bond motifs is 3. The number of nitrogens with zero attached hydrogens (tertiary/aromatic N) is 1. The zero-order valence-corrected chi connectivity index (χ0v) is 19.2. The molecular weight excluding hydrogens is 420 g/mol. The third-order valence-corrected chi connectivity index (χ3v) is 5.92. The van der Waals surface area contributed by atoms with Gasteiger partial charge >= 0.3 is 12.1 Å². The standard InChI is InChI=1S/C26H30N2O5/c1-4-28(15-18(3)25(30)31)24(29)17(2)13-14-27-26(32)33-16-23-21-11-7-5-9-19(21)20-10-6-8-12-22(20)23/h5-13,18,23H,4,14-16H2,1-3H3,(H,27,32)(H,30,31)/b17-13+. The van der Waals surface area contributed by atoms with Crippen LogP contribution in [0.5, 0.6) is 0 Å². The Kier molecular flexibility index (Phi) is 7.87. The second kappa shape index (κ2) is 10.8. The van der Waals surface area contributed by atoms with Crippen LogP contribution in [0.2, 0.25) is 0 Å². The van der Waals surface area contributed by atoms with E-state index in [-0.39, 0.29) is 31.5 Å². The van der Waals surface area contributed by atoms with Crippen molar-refractivity contribution >= 4 is 18.0 Å². The highest BCUT2D eigenvalue weighted by Gasteiger charge is 2.29. The molecule has 7 nitrogen and oxygen atoms in total. The number of rotatable bonds is 9. The van der Waals surface area contributed by atoms with Gasteiger partial charge in [0.15, 0.2) is 0 Å². The molecule has 0 bridgehead atoms. The van der Waals surface area contributed by atoms with E-state index in [9.17, 15) is 14.4 Å². The number of benzene rings is 2. The molecule has 0 aliphatic heterocycles. The van der Waals surface area contributed by atoms with E-state index in [1.54, 1.807) is 26.8 Å². The van der Waals surface area contributed by atoms with Crippen LogP contribution in [0.25, 0.3) is 11.1 Å². The molecule has 0 saturated heterocycles. The van der Waals surface area contributed by atoms with E-state index in [0.717, 1.165) is 22.3 Å². The molecule has 0 heterocycles. The van der Waals surface area contributed by atoms with Gasteiger partial charge in [-0.15, -0.1) is 0 Å². The van der Waals surface area contributed by atoms with Crippen LogP contribution in [-0.2, 0) is 14.3 Å². The molecular formula is C26H30N2O5.